The number of ether oxygens (including phenoxy) is 1. The van der Waals surface area contributed by atoms with E-state index in [0.29, 0.717) is 22.6 Å². The molecule has 3 aromatic carbocycles. The van der Waals surface area contributed by atoms with Crippen molar-refractivity contribution in [2.24, 2.45) is 0 Å². The van der Waals surface area contributed by atoms with Crippen molar-refractivity contribution in [1.29, 1.82) is 0 Å². The monoisotopic (exact) mass is 381 g/mol. The minimum absolute atomic E-state index is 0.0265. The highest BCUT2D eigenvalue weighted by Crippen LogP contribution is 2.27. The third-order valence-corrected chi connectivity index (χ3v) is 4.58. The highest BCUT2D eigenvalue weighted by atomic mass is 35.5. The lowest BCUT2D eigenvalue weighted by Gasteiger charge is -2.14. The first-order valence-electron chi connectivity index (χ1n) is 8.20. The topological polar surface area (TPSA) is 46.6 Å². The van der Waals surface area contributed by atoms with Gasteiger partial charge in [-0.3, -0.25) is 14.5 Å². The molecule has 0 saturated carbocycles. The van der Waals surface area contributed by atoms with Gasteiger partial charge in [-0.15, -0.1) is 0 Å². The molecule has 0 saturated heterocycles. The molecule has 0 atom stereocenters. The number of imide groups is 1. The number of hydrogen-bond acceptors (Lipinski definition) is 3. The van der Waals surface area contributed by atoms with E-state index in [1.165, 1.54) is 17.0 Å². The molecule has 2 amide bonds. The number of fused-ring (bicyclic) bond motifs is 1. The van der Waals surface area contributed by atoms with Gasteiger partial charge in [0, 0.05) is 6.07 Å². The SMILES string of the molecule is O=C1c2ccccc2C(=O)N1Cc1ccc(Oc2ccc(Cl)c(F)c2)cc1. The second-order valence-electron chi connectivity index (χ2n) is 6.06. The van der Waals surface area contributed by atoms with Crippen LogP contribution in [0, 0.1) is 5.82 Å². The van der Waals surface area contributed by atoms with E-state index in [4.69, 9.17) is 16.3 Å². The summed E-state index contributed by atoms with van der Waals surface area (Å²) in [5, 5.41) is 0.0265. The molecule has 0 unspecified atom stereocenters. The predicted octanol–water partition coefficient (Wildman–Crippen LogP) is 5.07. The smallest absolute Gasteiger partial charge is 0.261 e. The van der Waals surface area contributed by atoms with Gasteiger partial charge in [0.1, 0.15) is 17.3 Å². The van der Waals surface area contributed by atoms with Gasteiger partial charge >= 0.3 is 0 Å². The fourth-order valence-electron chi connectivity index (χ4n) is 2.90. The quantitative estimate of drug-likeness (QED) is 0.593. The Hall–Kier alpha value is -3.18. The summed E-state index contributed by atoms with van der Waals surface area (Å²) >= 11 is 5.65. The lowest BCUT2D eigenvalue weighted by atomic mass is 10.1. The van der Waals surface area contributed by atoms with Gasteiger partial charge in [-0.1, -0.05) is 35.9 Å². The number of nitrogens with zero attached hydrogens (tertiary/aromatic N) is 1. The average molecular weight is 382 g/mol. The van der Waals surface area contributed by atoms with E-state index in [0.717, 1.165) is 5.56 Å². The normalized spacial score (nSPS) is 13.0. The van der Waals surface area contributed by atoms with Crippen LogP contribution in [0.25, 0.3) is 0 Å². The van der Waals surface area contributed by atoms with Gasteiger partial charge in [0.25, 0.3) is 11.8 Å². The molecule has 0 aliphatic carbocycles. The third-order valence-electron chi connectivity index (χ3n) is 4.27. The first-order valence-corrected chi connectivity index (χ1v) is 8.58. The zero-order chi connectivity index (χ0) is 19.0. The Kier molecular flexibility index (Phi) is 4.38. The summed E-state index contributed by atoms with van der Waals surface area (Å²) in [6.45, 7) is 0.169. The van der Waals surface area contributed by atoms with E-state index in [1.54, 1.807) is 54.6 Å². The Balaban J connectivity index is 1.48. The standard InChI is InChI=1S/C21H13ClFNO3/c22-18-10-9-15(11-19(18)23)27-14-7-5-13(6-8-14)12-24-20(25)16-3-1-2-4-17(16)21(24)26/h1-11H,12H2. The van der Waals surface area contributed by atoms with E-state index < -0.39 is 5.82 Å². The van der Waals surface area contributed by atoms with Crippen molar-refractivity contribution >= 4 is 23.4 Å². The maximum absolute atomic E-state index is 13.5. The molecule has 134 valence electrons. The highest BCUT2D eigenvalue weighted by molar-refractivity contribution is 6.30. The molecule has 6 heteroatoms. The highest BCUT2D eigenvalue weighted by Gasteiger charge is 2.34. The molecule has 4 nitrogen and oxygen atoms in total. The van der Waals surface area contributed by atoms with E-state index in [1.807, 2.05) is 0 Å². The lowest BCUT2D eigenvalue weighted by Crippen LogP contribution is -2.29. The van der Waals surface area contributed by atoms with Crippen LogP contribution in [0.5, 0.6) is 11.5 Å². The fraction of sp³-hybridized carbons (Fsp3) is 0.0476. The molecule has 0 aromatic heterocycles. The van der Waals surface area contributed by atoms with E-state index in [2.05, 4.69) is 0 Å². The van der Waals surface area contributed by atoms with E-state index in [-0.39, 0.29) is 23.4 Å². The average Bonchev–Trinajstić information content (AvgIpc) is 2.91. The molecule has 0 spiro atoms. The van der Waals surface area contributed by atoms with Gasteiger partial charge in [0.2, 0.25) is 0 Å². The van der Waals surface area contributed by atoms with Crippen LogP contribution in [0.15, 0.2) is 66.7 Å². The van der Waals surface area contributed by atoms with E-state index >= 15 is 0 Å². The second-order valence-corrected chi connectivity index (χ2v) is 6.47. The van der Waals surface area contributed by atoms with Crippen molar-refractivity contribution in [2.45, 2.75) is 6.54 Å². The summed E-state index contributed by atoms with van der Waals surface area (Å²) < 4.78 is 19.1. The lowest BCUT2D eigenvalue weighted by molar-refractivity contribution is 0.0642. The number of benzene rings is 3. The number of halogens is 2. The molecule has 1 heterocycles. The van der Waals surface area contributed by atoms with Crippen LogP contribution >= 0.6 is 11.6 Å². The van der Waals surface area contributed by atoms with Crippen molar-refractivity contribution in [3.8, 4) is 11.5 Å². The Bertz CT molecular complexity index is 1010. The van der Waals surface area contributed by atoms with Crippen molar-refractivity contribution in [3.05, 3.63) is 94.3 Å². The summed E-state index contributed by atoms with van der Waals surface area (Å²) in [6, 6.07) is 17.9. The van der Waals surface area contributed by atoms with Crippen molar-refractivity contribution < 1.29 is 18.7 Å². The van der Waals surface area contributed by atoms with Gasteiger partial charge in [0.15, 0.2) is 0 Å². The zero-order valence-corrected chi connectivity index (χ0v) is 14.7. The Morgan fingerprint density at radius 2 is 1.44 bits per heavy atom. The minimum Gasteiger partial charge on any atom is -0.457 e. The molecule has 1 aliphatic rings. The zero-order valence-electron chi connectivity index (χ0n) is 14.0. The summed E-state index contributed by atoms with van der Waals surface area (Å²) in [4.78, 5) is 26.0. The van der Waals surface area contributed by atoms with Crippen LogP contribution < -0.4 is 4.74 Å². The molecule has 0 N–H and O–H groups in total. The molecule has 0 radical (unpaired) electrons. The van der Waals surface area contributed by atoms with E-state index in [9.17, 15) is 14.0 Å². The first kappa shape index (κ1) is 17.2. The Labute approximate surface area is 159 Å². The summed E-state index contributed by atoms with van der Waals surface area (Å²) in [7, 11) is 0. The second kappa shape index (κ2) is 6.85. The van der Waals surface area contributed by atoms with Gasteiger partial charge in [-0.2, -0.15) is 0 Å². The Morgan fingerprint density at radius 3 is 2.04 bits per heavy atom. The van der Waals surface area contributed by atoms with Crippen LogP contribution in [0.4, 0.5) is 4.39 Å². The molecule has 27 heavy (non-hydrogen) atoms. The van der Waals surface area contributed by atoms with Crippen LogP contribution in [-0.4, -0.2) is 16.7 Å². The summed E-state index contributed by atoms with van der Waals surface area (Å²) in [6.07, 6.45) is 0. The maximum atomic E-state index is 13.5. The number of carbonyl (C=O) groups is 2. The number of carbonyl (C=O) groups excluding carboxylic acids is 2. The van der Waals surface area contributed by atoms with Crippen LogP contribution in [0.3, 0.4) is 0 Å². The minimum atomic E-state index is -0.559. The summed E-state index contributed by atoms with van der Waals surface area (Å²) in [5.41, 5.74) is 1.62. The summed E-state index contributed by atoms with van der Waals surface area (Å²) in [5.74, 6) is -0.329. The molecule has 0 fully saturated rings. The fourth-order valence-corrected chi connectivity index (χ4v) is 3.02. The number of hydrogen-bond donors (Lipinski definition) is 0. The maximum Gasteiger partial charge on any atom is 0.261 e. The van der Waals surface area contributed by atoms with Gasteiger partial charge in [0.05, 0.1) is 22.7 Å². The predicted molar refractivity (Wildman–Crippen MR) is 98.6 cm³/mol. The number of rotatable bonds is 4. The van der Waals surface area contributed by atoms with Crippen molar-refractivity contribution in [3.63, 3.8) is 0 Å². The first-order chi connectivity index (χ1) is 13.0. The van der Waals surface area contributed by atoms with Gasteiger partial charge in [-0.05, 0) is 42.0 Å². The molecule has 3 aromatic rings. The van der Waals surface area contributed by atoms with Crippen molar-refractivity contribution in [1.82, 2.24) is 4.90 Å². The molecular formula is C21H13ClFNO3. The third kappa shape index (κ3) is 3.29. The van der Waals surface area contributed by atoms with Crippen LogP contribution in [-0.2, 0) is 6.54 Å². The van der Waals surface area contributed by atoms with Gasteiger partial charge < -0.3 is 4.74 Å². The number of amides is 2. The van der Waals surface area contributed by atoms with Crippen molar-refractivity contribution in [2.75, 3.05) is 0 Å². The Morgan fingerprint density at radius 1 is 0.852 bits per heavy atom. The van der Waals surface area contributed by atoms with Crippen LogP contribution in [0.2, 0.25) is 5.02 Å². The molecule has 1 aliphatic heterocycles. The van der Waals surface area contributed by atoms with Crippen LogP contribution in [0.1, 0.15) is 26.3 Å². The molecule has 4 rings (SSSR count). The molecule has 0 bridgehead atoms. The molecular weight excluding hydrogens is 369 g/mol. The largest absolute Gasteiger partial charge is 0.457 e. The van der Waals surface area contributed by atoms with Gasteiger partial charge in [-0.25, -0.2) is 4.39 Å².